The lowest BCUT2D eigenvalue weighted by Gasteiger charge is -2.12. The van der Waals surface area contributed by atoms with Gasteiger partial charge < -0.3 is 9.47 Å². The molecule has 0 heterocycles. The van der Waals surface area contributed by atoms with Gasteiger partial charge in [0.05, 0.1) is 7.11 Å². The van der Waals surface area contributed by atoms with Gasteiger partial charge in [0.2, 0.25) is 0 Å². The molecule has 0 saturated carbocycles. The minimum atomic E-state index is -0.382. The van der Waals surface area contributed by atoms with Crippen molar-refractivity contribution < 1.29 is 13.9 Å². The summed E-state index contributed by atoms with van der Waals surface area (Å²) < 4.78 is 25.6. The summed E-state index contributed by atoms with van der Waals surface area (Å²) in [5.41, 5.74) is 1.47. The fourth-order valence-corrected chi connectivity index (χ4v) is 2.62. The van der Waals surface area contributed by atoms with Crippen LogP contribution in [0, 0.1) is 5.82 Å². The van der Waals surface area contributed by atoms with Gasteiger partial charge in [0.15, 0.2) is 11.6 Å². The van der Waals surface area contributed by atoms with Gasteiger partial charge in [-0.15, -0.1) is 0 Å². The lowest BCUT2D eigenvalue weighted by atomic mass is 10.2. The molecule has 0 aliphatic carbocycles. The minimum absolute atomic E-state index is 0.157. The predicted molar refractivity (Wildman–Crippen MR) is 84.1 cm³/mol. The molecule has 106 valence electrons. The molecule has 0 bridgehead atoms. The zero-order chi connectivity index (χ0) is 14.5. The Morgan fingerprint density at radius 3 is 2.60 bits per heavy atom. The van der Waals surface area contributed by atoms with E-state index >= 15 is 0 Å². The molecule has 0 unspecified atom stereocenters. The van der Waals surface area contributed by atoms with Crippen LogP contribution < -0.4 is 9.47 Å². The first-order chi connectivity index (χ1) is 9.65. The van der Waals surface area contributed by atoms with Gasteiger partial charge in [0.1, 0.15) is 12.4 Å². The SMILES string of the molecule is COc1cccc(COc2ccc(Br)cc2CBr)c1F. The molecule has 0 aliphatic heterocycles. The summed E-state index contributed by atoms with van der Waals surface area (Å²) in [7, 11) is 1.45. The Hall–Kier alpha value is -1.07. The Morgan fingerprint density at radius 2 is 1.90 bits per heavy atom. The van der Waals surface area contributed by atoms with Crippen molar-refractivity contribution in [3.63, 3.8) is 0 Å². The molecule has 0 radical (unpaired) electrons. The van der Waals surface area contributed by atoms with Crippen LogP contribution >= 0.6 is 31.9 Å². The molecule has 0 spiro atoms. The molecule has 0 fully saturated rings. The van der Waals surface area contributed by atoms with E-state index in [1.165, 1.54) is 7.11 Å². The van der Waals surface area contributed by atoms with Gasteiger partial charge in [0, 0.05) is 20.9 Å². The van der Waals surface area contributed by atoms with Gasteiger partial charge in [0.25, 0.3) is 0 Å². The number of benzene rings is 2. The molecule has 2 nitrogen and oxygen atoms in total. The fourth-order valence-electron chi connectivity index (χ4n) is 1.77. The summed E-state index contributed by atoms with van der Waals surface area (Å²) in [4.78, 5) is 0. The van der Waals surface area contributed by atoms with Gasteiger partial charge in [-0.05, 0) is 24.3 Å². The second kappa shape index (κ2) is 7.09. The third-order valence-electron chi connectivity index (χ3n) is 2.81. The van der Waals surface area contributed by atoms with Crippen molar-refractivity contribution in [3.8, 4) is 11.5 Å². The summed E-state index contributed by atoms with van der Waals surface area (Å²) in [6.45, 7) is 0.157. The largest absolute Gasteiger partial charge is 0.494 e. The highest BCUT2D eigenvalue weighted by Gasteiger charge is 2.10. The Labute approximate surface area is 134 Å². The maximum Gasteiger partial charge on any atom is 0.171 e. The van der Waals surface area contributed by atoms with E-state index in [1.807, 2.05) is 18.2 Å². The topological polar surface area (TPSA) is 18.5 Å². The highest BCUT2D eigenvalue weighted by molar-refractivity contribution is 9.10. The Balaban J connectivity index is 2.17. The maximum atomic E-state index is 14.0. The highest BCUT2D eigenvalue weighted by Crippen LogP contribution is 2.27. The average molecular weight is 404 g/mol. The highest BCUT2D eigenvalue weighted by atomic mass is 79.9. The molecule has 2 aromatic rings. The molecule has 0 N–H and O–H groups in total. The molecule has 2 aromatic carbocycles. The van der Waals surface area contributed by atoms with Crippen molar-refractivity contribution >= 4 is 31.9 Å². The lowest BCUT2D eigenvalue weighted by molar-refractivity contribution is 0.293. The van der Waals surface area contributed by atoms with Crippen molar-refractivity contribution in [1.29, 1.82) is 0 Å². The van der Waals surface area contributed by atoms with Crippen LogP contribution in [0.3, 0.4) is 0 Å². The zero-order valence-electron chi connectivity index (χ0n) is 10.8. The number of halogens is 3. The molecule has 0 saturated heterocycles. The van der Waals surface area contributed by atoms with E-state index in [9.17, 15) is 4.39 Å². The first-order valence-electron chi connectivity index (χ1n) is 5.94. The number of ether oxygens (including phenoxy) is 2. The summed E-state index contributed by atoms with van der Waals surface area (Å²) in [5.74, 6) is 0.572. The predicted octanol–water partition coefficient (Wildman–Crippen LogP) is 5.07. The van der Waals surface area contributed by atoms with Crippen LogP contribution in [0.25, 0.3) is 0 Å². The van der Waals surface area contributed by atoms with Gasteiger partial charge in [-0.2, -0.15) is 0 Å². The van der Waals surface area contributed by atoms with E-state index in [2.05, 4.69) is 31.9 Å². The molecular formula is C15H13Br2FO2. The fraction of sp³-hybridized carbons (Fsp3) is 0.200. The van der Waals surface area contributed by atoms with Crippen LogP contribution in [0.1, 0.15) is 11.1 Å². The number of methoxy groups -OCH3 is 1. The van der Waals surface area contributed by atoms with E-state index in [4.69, 9.17) is 9.47 Å². The van der Waals surface area contributed by atoms with E-state index in [1.54, 1.807) is 18.2 Å². The van der Waals surface area contributed by atoms with Gasteiger partial charge >= 0.3 is 0 Å². The summed E-state index contributed by atoms with van der Waals surface area (Å²) >= 11 is 6.82. The van der Waals surface area contributed by atoms with Crippen LogP contribution in [-0.4, -0.2) is 7.11 Å². The summed E-state index contributed by atoms with van der Waals surface area (Å²) in [6, 6.07) is 10.7. The number of alkyl halides is 1. The first kappa shape index (κ1) is 15.3. The van der Waals surface area contributed by atoms with Crippen LogP contribution in [-0.2, 0) is 11.9 Å². The van der Waals surface area contributed by atoms with Crippen molar-refractivity contribution in [1.82, 2.24) is 0 Å². The number of hydrogen-bond acceptors (Lipinski definition) is 2. The molecule has 5 heteroatoms. The second-order valence-corrected chi connectivity index (χ2v) is 5.58. The minimum Gasteiger partial charge on any atom is -0.494 e. The molecule has 0 amide bonds. The van der Waals surface area contributed by atoms with Crippen LogP contribution in [0.15, 0.2) is 40.9 Å². The summed E-state index contributed by atoms with van der Waals surface area (Å²) in [6.07, 6.45) is 0. The van der Waals surface area contributed by atoms with Gasteiger partial charge in [-0.3, -0.25) is 0 Å². The van der Waals surface area contributed by atoms with E-state index in [-0.39, 0.29) is 18.2 Å². The first-order valence-corrected chi connectivity index (χ1v) is 7.85. The summed E-state index contributed by atoms with van der Waals surface area (Å²) in [5, 5.41) is 0.669. The van der Waals surface area contributed by atoms with Crippen molar-refractivity contribution in [2.45, 2.75) is 11.9 Å². The molecule has 0 atom stereocenters. The molecule has 0 aliphatic rings. The zero-order valence-corrected chi connectivity index (χ0v) is 14.0. The maximum absolute atomic E-state index is 14.0. The number of hydrogen-bond donors (Lipinski definition) is 0. The Kier molecular flexibility index (Phi) is 5.43. The van der Waals surface area contributed by atoms with Crippen molar-refractivity contribution in [2.75, 3.05) is 7.11 Å². The Morgan fingerprint density at radius 1 is 1.10 bits per heavy atom. The monoisotopic (exact) mass is 402 g/mol. The normalized spacial score (nSPS) is 10.4. The molecule has 0 aromatic heterocycles. The second-order valence-electron chi connectivity index (χ2n) is 4.11. The van der Waals surface area contributed by atoms with Crippen molar-refractivity contribution in [2.24, 2.45) is 0 Å². The number of rotatable bonds is 5. The Bertz CT molecular complexity index is 602. The average Bonchev–Trinajstić information content (AvgIpc) is 2.47. The van der Waals surface area contributed by atoms with Crippen molar-refractivity contribution in [3.05, 3.63) is 57.8 Å². The molecule has 20 heavy (non-hydrogen) atoms. The third-order valence-corrected chi connectivity index (χ3v) is 3.91. The smallest absolute Gasteiger partial charge is 0.171 e. The van der Waals surface area contributed by atoms with E-state index < -0.39 is 0 Å². The standard InChI is InChI=1S/C15H13Br2FO2/c1-19-14-4-2-3-10(15(14)18)9-20-13-6-5-12(17)7-11(13)8-16/h2-7H,8-9H2,1H3. The van der Waals surface area contributed by atoms with E-state index in [0.29, 0.717) is 10.9 Å². The van der Waals surface area contributed by atoms with Gasteiger partial charge in [-0.25, -0.2) is 4.39 Å². The van der Waals surface area contributed by atoms with Crippen LogP contribution in [0.4, 0.5) is 4.39 Å². The third kappa shape index (κ3) is 3.52. The lowest BCUT2D eigenvalue weighted by Crippen LogP contribution is -2.01. The van der Waals surface area contributed by atoms with Gasteiger partial charge in [-0.1, -0.05) is 44.0 Å². The van der Waals surface area contributed by atoms with Crippen LogP contribution in [0.2, 0.25) is 0 Å². The quantitative estimate of drug-likeness (QED) is 0.648. The van der Waals surface area contributed by atoms with Crippen LogP contribution in [0.5, 0.6) is 11.5 Å². The molecule has 2 rings (SSSR count). The molecular weight excluding hydrogens is 391 g/mol. The van der Waals surface area contributed by atoms with E-state index in [0.717, 1.165) is 15.8 Å².